The van der Waals surface area contributed by atoms with Gasteiger partial charge in [-0.25, -0.2) is 8.78 Å². The van der Waals surface area contributed by atoms with Gasteiger partial charge in [-0.05, 0) is 18.8 Å². The van der Waals surface area contributed by atoms with E-state index in [0.29, 0.717) is 5.92 Å². The molecule has 0 spiro atoms. The molecule has 2 rings (SSSR count). The van der Waals surface area contributed by atoms with Gasteiger partial charge >= 0.3 is 12.3 Å². The van der Waals surface area contributed by atoms with E-state index in [1.54, 1.807) is 0 Å². The maximum Gasteiger partial charge on any atom is 0.330 e. The maximum absolute atomic E-state index is 12.5. The first kappa shape index (κ1) is 14.2. The van der Waals surface area contributed by atoms with Crippen molar-refractivity contribution in [3.05, 3.63) is 11.7 Å². The number of alkyl halides is 4. The van der Waals surface area contributed by atoms with E-state index in [1.807, 2.05) is 0 Å². The number of hydrogen-bond acceptors (Lipinski definition) is 5. The summed E-state index contributed by atoms with van der Waals surface area (Å²) < 4.78 is 58.1. The van der Waals surface area contributed by atoms with Crippen LogP contribution in [-0.2, 0) is 11.3 Å². The van der Waals surface area contributed by atoms with Crippen molar-refractivity contribution in [2.24, 2.45) is 11.7 Å². The standard InChI is InChI=1S/C10H13F4N3O2/c11-9(12)10(13,14)4-18-3-6-16-8(19-17-6)7(15)5-1-2-5/h5,7,9H,1-4,15H2. The van der Waals surface area contributed by atoms with Crippen LogP contribution in [0.15, 0.2) is 4.52 Å². The minimum atomic E-state index is -4.18. The fourth-order valence-corrected chi connectivity index (χ4v) is 1.46. The van der Waals surface area contributed by atoms with Gasteiger partial charge in [0.2, 0.25) is 5.89 Å². The van der Waals surface area contributed by atoms with Gasteiger partial charge in [0.1, 0.15) is 13.2 Å². The van der Waals surface area contributed by atoms with E-state index in [-0.39, 0.29) is 17.8 Å². The zero-order valence-corrected chi connectivity index (χ0v) is 9.86. The Morgan fingerprint density at radius 2 is 2.11 bits per heavy atom. The lowest BCUT2D eigenvalue weighted by Gasteiger charge is -2.14. The highest BCUT2D eigenvalue weighted by molar-refractivity contribution is 4.97. The summed E-state index contributed by atoms with van der Waals surface area (Å²) in [6.45, 7) is -1.83. The molecule has 0 saturated heterocycles. The molecule has 2 N–H and O–H groups in total. The largest absolute Gasteiger partial charge is 0.367 e. The van der Waals surface area contributed by atoms with Gasteiger partial charge in [0.25, 0.3) is 0 Å². The second kappa shape index (κ2) is 5.41. The van der Waals surface area contributed by atoms with E-state index in [1.165, 1.54) is 0 Å². The first-order chi connectivity index (χ1) is 8.90. The van der Waals surface area contributed by atoms with Gasteiger partial charge in [0, 0.05) is 0 Å². The number of hydrogen-bond donors (Lipinski definition) is 1. The van der Waals surface area contributed by atoms with E-state index >= 15 is 0 Å². The first-order valence-corrected chi connectivity index (χ1v) is 5.72. The quantitative estimate of drug-likeness (QED) is 0.773. The Balaban J connectivity index is 1.80. The Morgan fingerprint density at radius 1 is 1.42 bits per heavy atom. The lowest BCUT2D eigenvalue weighted by molar-refractivity contribution is -0.168. The fraction of sp³-hybridized carbons (Fsp3) is 0.800. The van der Waals surface area contributed by atoms with E-state index < -0.39 is 25.6 Å². The summed E-state index contributed by atoms with van der Waals surface area (Å²) in [5.74, 6) is -3.66. The van der Waals surface area contributed by atoms with Crippen LogP contribution in [0.3, 0.4) is 0 Å². The zero-order chi connectivity index (χ0) is 14.0. The van der Waals surface area contributed by atoms with Gasteiger partial charge in [-0.2, -0.15) is 13.8 Å². The number of rotatable bonds is 7. The van der Waals surface area contributed by atoms with Crippen molar-refractivity contribution in [2.45, 2.75) is 37.8 Å². The van der Waals surface area contributed by atoms with Gasteiger partial charge in [0.05, 0.1) is 6.04 Å². The van der Waals surface area contributed by atoms with Gasteiger partial charge in [-0.1, -0.05) is 5.16 Å². The van der Waals surface area contributed by atoms with E-state index in [9.17, 15) is 17.6 Å². The average Bonchev–Trinajstić information content (AvgIpc) is 3.08. The van der Waals surface area contributed by atoms with Crippen LogP contribution >= 0.6 is 0 Å². The highest BCUT2D eigenvalue weighted by atomic mass is 19.3. The van der Waals surface area contributed by atoms with Crippen molar-refractivity contribution in [1.82, 2.24) is 10.1 Å². The molecule has 0 bridgehead atoms. The summed E-state index contributed by atoms with van der Waals surface area (Å²) in [5, 5.41) is 3.49. The summed E-state index contributed by atoms with van der Waals surface area (Å²) in [6.07, 6.45) is -1.80. The first-order valence-electron chi connectivity index (χ1n) is 5.72. The van der Waals surface area contributed by atoms with Gasteiger partial charge in [-0.15, -0.1) is 0 Å². The molecule has 1 saturated carbocycles. The molecule has 0 aliphatic heterocycles. The van der Waals surface area contributed by atoms with Crippen molar-refractivity contribution >= 4 is 0 Å². The molecule has 0 radical (unpaired) electrons. The number of ether oxygens (including phenoxy) is 1. The molecule has 1 aromatic heterocycles. The molecule has 1 heterocycles. The minimum Gasteiger partial charge on any atom is -0.367 e. The third-order valence-corrected chi connectivity index (χ3v) is 2.74. The van der Waals surface area contributed by atoms with Gasteiger partial charge in [0.15, 0.2) is 5.82 Å². The molecular weight excluding hydrogens is 270 g/mol. The third kappa shape index (κ3) is 3.63. The maximum atomic E-state index is 12.5. The molecule has 19 heavy (non-hydrogen) atoms. The van der Waals surface area contributed by atoms with Crippen LogP contribution in [-0.4, -0.2) is 29.1 Å². The molecule has 1 fully saturated rings. The average molecular weight is 283 g/mol. The van der Waals surface area contributed by atoms with Crippen molar-refractivity contribution in [3.63, 3.8) is 0 Å². The monoisotopic (exact) mass is 283 g/mol. The Kier molecular flexibility index (Phi) is 4.04. The van der Waals surface area contributed by atoms with Crippen molar-refractivity contribution in [3.8, 4) is 0 Å². The smallest absolute Gasteiger partial charge is 0.330 e. The summed E-state index contributed by atoms with van der Waals surface area (Å²) >= 11 is 0. The molecule has 1 unspecified atom stereocenters. The Morgan fingerprint density at radius 3 is 2.68 bits per heavy atom. The van der Waals surface area contributed by atoms with Gasteiger partial charge < -0.3 is 15.0 Å². The Bertz CT molecular complexity index is 423. The summed E-state index contributed by atoms with van der Waals surface area (Å²) in [4.78, 5) is 3.88. The Labute approximate surface area is 106 Å². The summed E-state index contributed by atoms with van der Waals surface area (Å²) in [5.41, 5.74) is 5.80. The number of aromatic nitrogens is 2. The van der Waals surface area contributed by atoms with Crippen molar-refractivity contribution in [2.75, 3.05) is 6.61 Å². The van der Waals surface area contributed by atoms with Crippen LogP contribution in [0.4, 0.5) is 17.6 Å². The predicted molar refractivity (Wildman–Crippen MR) is 54.6 cm³/mol. The predicted octanol–water partition coefficient (Wildman–Crippen LogP) is 1.90. The number of halogens is 4. The zero-order valence-electron chi connectivity index (χ0n) is 9.86. The van der Waals surface area contributed by atoms with Crippen LogP contribution in [0.5, 0.6) is 0 Å². The van der Waals surface area contributed by atoms with Crippen molar-refractivity contribution in [1.29, 1.82) is 0 Å². The molecule has 0 aromatic carbocycles. The van der Waals surface area contributed by atoms with Crippen LogP contribution in [0.2, 0.25) is 0 Å². The molecule has 1 atom stereocenters. The van der Waals surface area contributed by atoms with Crippen molar-refractivity contribution < 1.29 is 26.8 Å². The third-order valence-electron chi connectivity index (χ3n) is 2.74. The highest BCUT2D eigenvalue weighted by Gasteiger charge is 2.41. The second-order valence-electron chi connectivity index (χ2n) is 4.47. The Hall–Kier alpha value is -1.22. The van der Waals surface area contributed by atoms with E-state index in [4.69, 9.17) is 10.3 Å². The van der Waals surface area contributed by atoms with Crippen LogP contribution in [0, 0.1) is 5.92 Å². The van der Waals surface area contributed by atoms with E-state index in [0.717, 1.165) is 12.8 Å². The lowest BCUT2D eigenvalue weighted by atomic mass is 10.2. The number of nitrogens with two attached hydrogens (primary N) is 1. The second-order valence-corrected chi connectivity index (χ2v) is 4.47. The van der Waals surface area contributed by atoms with Crippen LogP contribution in [0.1, 0.15) is 30.6 Å². The lowest BCUT2D eigenvalue weighted by Crippen LogP contribution is -2.32. The number of nitrogens with zero attached hydrogens (tertiary/aromatic N) is 2. The molecule has 1 aliphatic carbocycles. The topological polar surface area (TPSA) is 74.2 Å². The highest BCUT2D eigenvalue weighted by Crippen LogP contribution is 2.38. The molecule has 1 aromatic rings. The molecule has 5 nitrogen and oxygen atoms in total. The molecule has 9 heteroatoms. The molecule has 0 amide bonds. The minimum absolute atomic E-state index is 0.0103. The van der Waals surface area contributed by atoms with Crippen LogP contribution in [0.25, 0.3) is 0 Å². The molecule has 1 aliphatic rings. The van der Waals surface area contributed by atoms with Gasteiger partial charge in [-0.3, -0.25) is 0 Å². The fourth-order valence-electron chi connectivity index (χ4n) is 1.46. The summed E-state index contributed by atoms with van der Waals surface area (Å²) in [7, 11) is 0. The normalized spacial score (nSPS) is 18.0. The molecule has 108 valence electrons. The summed E-state index contributed by atoms with van der Waals surface area (Å²) in [6, 6.07) is -0.372. The van der Waals surface area contributed by atoms with Crippen LogP contribution < -0.4 is 5.73 Å². The SMILES string of the molecule is NC(c1nc(COCC(F)(F)C(F)F)no1)C1CC1. The molecular formula is C10H13F4N3O2. The van der Waals surface area contributed by atoms with E-state index in [2.05, 4.69) is 14.9 Å².